The number of para-hydroxylation sites is 3. The smallest absolute Gasteiger partial charge is 0.347 e. The van der Waals surface area contributed by atoms with Crippen LogP contribution in [-0.2, 0) is 9.59 Å². The Morgan fingerprint density at radius 2 is 1.42 bits per heavy atom. The number of rotatable bonds is 6. The first-order valence-electron chi connectivity index (χ1n) is 9.75. The van der Waals surface area contributed by atoms with Crippen molar-refractivity contribution >= 4 is 29.2 Å². The molecule has 2 N–H and O–H groups in total. The fourth-order valence-electron chi connectivity index (χ4n) is 2.81. The van der Waals surface area contributed by atoms with E-state index in [0.717, 1.165) is 6.07 Å². The van der Waals surface area contributed by atoms with Gasteiger partial charge in [-0.2, -0.15) is 5.10 Å². The van der Waals surface area contributed by atoms with Crippen molar-refractivity contribution in [3.63, 3.8) is 0 Å². The van der Waals surface area contributed by atoms with Gasteiger partial charge in [0.1, 0.15) is 22.9 Å². The van der Waals surface area contributed by atoms with Crippen molar-refractivity contribution in [2.24, 2.45) is 5.10 Å². The number of hydrazone groups is 1. The Labute approximate surface area is 189 Å². The molecule has 3 rings (SSSR count). The van der Waals surface area contributed by atoms with Gasteiger partial charge in [0.2, 0.25) is 0 Å². The zero-order valence-electron chi connectivity index (χ0n) is 17.8. The molecule has 9 heteroatoms. The molecule has 0 saturated heterocycles. The van der Waals surface area contributed by atoms with Gasteiger partial charge in [-0.25, -0.2) is 14.6 Å². The quantitative estimate of drug-likeness (QED) is 0.197. The molecular formula is C24H20FN3O5. The molecule has 3 aromatic rings. The molecule has 8 nitrogen and oxygen atoms in total. The monoisotopic (exact) mass is 449 g/mol. The minimum atomic E-state index is -1.10. The minimum absolute atomic E-state index is 0.132. The van der Waals surface area contributed by atoms with E-state index >= 15 is 0 Å². The number of nitrogens with zero attached hydrogens (tertiary/aromatic N) is 1. The number of esters is 1. The molecule has 0 fully saturated rings. The van der Waals surface area contributed by atoms with Crippen LogP contribution < -0.4 is 20.2 Å². The van der Waals surface area contributed by atoms with E-state index in [9.17, 15) is 18.8 Å². The molecule has 0 atom stereocenters. The first kappa shape index (κ1) is 23.1. The number of ether oxygens (including phenoxy) is 2. The molecule has 2 amide bonds. The van der Waals surface area contributed by atoms with E-state index in [1.54, 1.807) is 55.5 Å². The maximum Gasteiger partial charge on any atom is 0.347 e. The lowest BCUT2D eigenvalue weighted by atomic mass is 10.1. The zero-order chi connectivity index (χ0) is 23.8. The zero-order valence-corrected chi connectivity index (χ0v) is 17.8. The molecule has 0 aromatic heterocycles. The lowest BCUT2D eigenvalue weighted by Gasteiger charge is -2.11. The number of hydrogen-bond acceptors (Lipinski definition) is 6. The molecule has 0 spiro atoms. The minimum Gasteiger partial charge on any atom is -0.496 e. The van der Waals surface area contributed by atoms with Crippen LogP contribution >= 0.6 is 0 Å². The standard InChI is InChI=1S/C24H20FN3O5/c1-15(27-28-23(30)22(29)26-19-12-6-5-11-18(19)25)16-9-3-8-14-21(16)33-24(31)17-10-4-7-13-20(17)32-2/h3-14H,1-2H3,(H,26,29)(H,28,30)/b27-15+. The van der Waals surface area contributed by atoms with Crippen LogP contribution in [0.1, 0.15) is 22.8 Å². The van der Waals surface area contributed by atoms with E-state index in [2.05, 4.69) is 15.8 Å². The molecule has 0 saturated carbocycles. The summed E-state index contributed by atoms with van der Waals surface area (Å²) in [5.41, 5.74) is 2.89. The molecule has 0 radical (unpaired) electrons. The second-order valence-electron chi connectivity index (χ2n) is 6.66. The van der Waals surface area contributed by atoms with Crippen molar-refractivity contribution in [3.05, 3.63) is 89.7 Å². The molecular weight excluding hydrogens is 429 g/mol. The highest BCUT2D eigenvalue weighted by Crippen LogP contribution is 2.23. The summed E-state index contributed by atoms with van der Waals surface area (Å²) >= 11 is 0. The average molecular weight is 449 g/mol. The predicted molar refractivity (Wildman–Crippen MR) is 120 cm³/mol. The van der Waals surface area contributed by atoms with Gasteiger partial charge in [-0.15, -0.1) is 0 Å². The molecule has 0 aliphatic carbocycles. The summed E-state index contributed by atoms with van der Waals surface area (Å²) in [5, 5.41) is 6.06. The second kappa shape index (κ2) is 10.7. The van der Waals surface area contributed by atoms with E-state index in [1.807, 2.05) is 0 Å². The Morgan fingerprint density at radius 1 is 0.818 bits per heavy atom. The molecule has 0 aliphatic heterocycles. The summed E-state index contributed by atoms with van der Waals surface area (Å²) in [6, 6.07) is 18.6. The topological polar surface area (TPSA) is 106 Å². The predicted octanol–water partition coefficient (Wildman–Crippen LogP) is 3.53. The van der Waals surface area contributed by atoms with Crippen LogP contribution in [0.2, 0.25) is 0 Å². The van der Waals surface area contributed by atoms with Crippen molar-refractivity contribution in [2.45, 2.75) is 6.92 Å². The third-order valence-corrected chi connectivity index (χ3v) is 4.46. The van der Waals surface area contributed by atoms with Crippen LogP contribution in [0.15, 0.2) is 77.9 Å². The number of methoxy groups -OCH3 is 1. The summed E-state index contributed by atoms with van der Waals surface area (Å²) in [5.74, 6) is -2.95. The number of anilines is 1. The molecule has 0 unspecified atom stereocenters. The van der Waals surface area contributed by atoms with Crippen LogP contribution in [0, 0.1) is 5.82 Å². The van der Waals surface area contributed by atoms with E-state index in [-0.39, 0.29) is 22.7 Å². The largest absolute Gasteiger partial charge is 0.496 e. The Morgan fingerprint density at radius 3 is 2.12 bits per heavy atom. The Kier molecular flexibility index (Phi) is 7.48. The van der Waals surface area contributed by atoms with Crippen LogP contribution in [0.5, 0.6) is 11.5 Å². The van der Waals surface area contributed by atoms with Gasteiger partial charge in [0.25, 0.3) is 0 Å². The lowest BCUT2D eigenvalue weighted by Crippen LogP contribution is -2.33. The van der Waals surface area contributed by atoms with Crippen LogP contribution in [-0.4, -0.2) is 30.6 Å². The summed E-state index contributed by atoms with van der Waals surface area (Å²) in [4.78, 5) is 36.7. The number of carbonyl (C=O) groups excluding carboxylic acids is 3. The van der Waals surface area contributed by atoms with Gasteiger partial charge in [0.15, 0.2) is 0 Å². The molecule has 168 valence electrons. The number of amides is 2. The van der Waals surface area contributed by atoms with Gasteiger partial charge in [-0.05, 0) is 43.3 Å². The SMILES string of the molecule is COc1ccccc1C(=O)Oc1ccccc1/C(C)=N/NC(=O)C(=O)Nc1ccccc1F. The van der Waals surface area contributed by atoms with Crippen LogP contribution in [0.3, 0.4) is 0 Å². The summed E-state index contributed by atoms with van der Waals surface area (Å²) in [6.45, 7) is 1.56. The Balaban J connectivity index is 1.72. The number of benzene rings is 3. The van der Waals surface area contributed by atoms with Gasteiger partial charge in [0, 0.05) is 5.56 Å². The first-order valence-corrected chi connectivity index (χ1v) is 9.75. The van der Waals surface area contributed by atoms with E-state index in [4.69, 9.17) is 9.47 Å². The molecule has 0 heterocycles. The Hall–Kier alpha value is -4.53. The lowest BCUT2D eigenvalue weighted by molar-refractivity contribution is -0.136. The van der Waals surface area contributed by atoms with E-state index in [1.165, 1.54) is 25.3 Å². The first-order chi connectivity index (χ1) is 15.9. The van der Waals surface area contributed by atoms with Crippen molar-refractivity contribution < 1.29 is 28.2 Å². The fraction of sp³-hybridized carbons (Fsp3) is 0.0833. The molecule has 0 aliphatic rings. The summed E-state index contributed by atoms with van der Waals surface area (Å²) in [6.07, 6.45) is 0. The van der Waals surface area contributed by atoms with Gasteiger partial charge in [-0.3, -0.25) is 9.59 Å². The van der Waals surface area contributed by atoms with Crippen LogP contribution in [0.4, 0.5) is 10.1 Å². The van der Waals surface area contributed by atoms with Crippen molar-refractivity contribution in [2.75, 3.05) is 12.4 Å². The third kappa shape index (κ3) is 5.79. The molecule has 33 heavy (non-hydrogen) atoms. The number of halogens is 1. The third-order valence-electron chi connectivity index (χ3n) is 4.46. The number of carbonyl (C=O) groups is 3. The highest BCUT2D eigenvalue weighted by Gasteiger charge is 2.18. The Bertz CT molecular complexity index is 1230. The van der Waals surface area contributed by atoms with Gasteiger partial charge in [0.05, 0.1) is 18.5 Å². The van der Waals surface area contributed by atoms with Gasteiger partial charge < -0.3 is 14.8 Å². The second-order valence-corrected chi connectivity index (χ2v) is 6.66. The highest BCUT2D eigenvalue weighted by atomic mass is 19.1. The maximum absolute atomic E-state index is 13.6. The molecule has 3 aromatic carbocycles. The normalized spacial score (nSPS) is 10.8. The van der Waals surface area contributed by atoms with Crippen LogP contribution in [0.25, 0.3) is 0 Å². The fourth-order valence-corrected chi connectivity index (χ4v) is 2.81. The van der Waals surface area contributed by atoms with Gasteiger partial charge in [-0.1, -0.05) is 36.4 Å². The highest BCUT2D eigenvalue weighted by molar-refractivity contribution is 6.39. The van der Waals surface area contributed by atoms with E-state index < -0.39 is 23.6 Å². The average Bonchev–Trinajstić information content (AvgIpc) is 2.83. The maximum atomic E-state index is 13.6. The van der Waals surface area contributed by atoms with E-state index in [0.29, 0.717) is 11.3 Å². The number of nitrogens with one attached hydrogen (secondary N) is 2. The van der Waals surface area contributed by atoms with Gasteiger partial charge >= 0.3 is 17.8 Å². The molecule has 0 bridgehead atoms. The van der Waals surface area contributed by atoms with Crippen molar-refractivity contribution in [1.82, 2.24) is 5.43 Å². The number of hydrogen-bond donors (Lipinski definition) is 2. The summed E-state index contributed by atoms with van der Waals surface area (Å²) < 4.78 is 24.3. The van der Waals surface area contributed by atoms with Crippen molar-refractivity contribution in [1.29, 1.82) is 0 Å². The summed E-state index contributed by atoms with van der Waals surface area (Å²) in [7, 11) is 1.45. The van der Waals surface area contributed by atoms with Crippen molar-refractivity contribution in [3.8, 4) is 11.5 Å².